The molecule has 0 aliphatic carbocycles. The number of hydrogen-bond donors (Lipinski definition) is 2. The van der Waals surface area contributed by atoms with Crippen LogP contribution >= 0.6 is 0 Å². The van der Waals surface area contributed by atoms with Crippen molar-refractivity contribution >= 4 is 44.9 Å². The Morgan fingerprint density at radius 3 is 1.47 bits per heavy atom. The normalized spacial score (nSPS) is 11.5. The first-order valence-electron chi connectivity index (χ1n) is 10.7. The summed E-state index contributed by atoms with van der Waals surface area (Å²) in [7, 11) is 0. The van der Waals surface area contributed by atoms with E-state index in [9.17, 15) is 20.1 Å². The second-order valence-corrected chi connectivity index (χ2v) is 7.26. The third-order valence-corrected chi connectivity index (χ3v) is 5.34. The number of aromatic nitrogens is 2. The number of rotatable bonds is 6. The molecule has 0 aliphatic heterocycles. The first-order chi connectivity index (χ1) is 16.5. The second kappa shape index (κ2) is 9.35. The summed E-state index contributed by atoms with van der Waals surface area (Å²) in [6.07, 6.45) is 0. The molecule has 2 N–H and O–H groups in total. The van der Waals surface area contributed by atoms with E-state index in [-0.39, 0.29) is 46.9 Å². The fraction of sp³-hybridized carbons (Fsp3) is 0.154. The summed E-state index contributed by atoms with van der Waals surface area (Å²) < 4.78 is 10.4. The molecule has 0 spiro atoms. The summed E-state index contributed by atoms with van der Waals surface area (Å²) in [4.78, 5) is 31.6. The van der Waals surface area contributed by atoms with Crippen LogP contribution in [0.5, 0.6) is 0 Å². The molecule has 0 atom stereocenters. The molecule has 2 heterocycles. The van der Waals surface area contributed by atoms with Crippen molar-refractivity contribution in [3.05, 3.63) is 71.0 Å². The summed E-state index contributed by atoms with van der Waals surface area (Å²) in [6.45, 7) is 3.64. The zero-order chi connectivity index (χ0) is 24.2. The van der Waals surface area contributed by atoms with Crippen LogP contribution < -0.4 is 0 Å². The molecule has 2 aromatic carbocycles. The number of carbonyl (C=O) groups excluding carboxylic acids is 2. The molecule has 34 heavy (non-hydrogen) atoms. The Labute approximate surface area is 195 Å². The van der Waals surface area contributed by atoms with Crippen molar-refractivity contribution in [3.8, 4) is 12.1 Å². The minimum atomic E-state index is -0.650. The van der Waals surface area contributed by atoms with Crippen LogP contribution in [0.1, 0.15) is 46.0 Å². The lowest BCUT2D eigenvalue weighted by atomic mass is 9.92. The molecule has 2 aromatic heterocycles. The molecule has 8 heteroatoms. The number of nitrogens with one attached hydrogen (secondary N) is 2. The van der Waals surface area contributed by atoms with E-state index in [0.717, 1.165) is 0 Å². The summed E-state index contributed by atoms with van der Waals surface area (Å²) in [5.41, 5.74) is 1.71. The Morgan fingerprint density at radius 2 is 1.12 bits per heavy atom. The average Bonchev–Trinajstić information content (AvgIpc) is 3.42. The summed E-state index contributed by atoms with van der Waals surface area (Å²) in [5, 5.41) is 21.6. The SMILES string of the molecule is CCOC(=O)c1[nH]c2ccccc2c1/C(C#N)=C(\C#N)c1c(C(=O)OCC)[nH]c2ccccc12. The van der Waals surface area contributed by atoms with Crippen molar-refractivity contribution in [3.63, 3.8) is 0 Å². The number of nitrogens with zero attached hydrogens (tertiary/aromatic N) is 2. The largest absolute Gasteiger partial charge is 0.461 e. The lowest BCUT2D eigenvalue weighted by Gasteiger charge is -2.08. The highest BCUT2D eigenvalue weighted by molar-refractivity contribution is 6.18. The van der Waals surface area contributed by atoms with E-state index in [0.29, 0.717) is 21.8 Å². The lowest BCUT2D eigenvalue weighted by Crippen LogP contribution is -2.09. The first kappa shape index (κ1) is 22.4. The van der Waals surface area contributed by atoms with Crippen molar-refractivity contribution in [1.29, 1.82) is 10.5 Å². The number of aromatic amines is 2. The number of benzene rings is 2. The fourth-order valence-corrected chi connectivity index (χ4v) is 3.99. The Hall–Kier alpha value is -4.82. The number of carbonyl (C=O) groups is 2. The van der Waals surface area contributed by atoms with E-state index < -0.39 is 11.9 Å². The smallest absolute Gasteiger partial charge is 0.355 e. The Kier molecular flexibility index (Phi) is 6.16. The van der Waals surface area contributed by atoms with Gasteiger partial charge in [-0.1, -0.05) is 36.4 Å². The van der Waals surface area contributed by atoms with Gasteiger partial charge in [0, 0.05) is 32.9 Å². The van der Waals surface area contributed by atoms with Crippen LogP contribution in [0.3, 0.4) is 0 Å². The maximum atomic E-state index is 12.8. The topological polar surface area (TPSA) is 132 Å². The second-order valence-electron chi connectivity index (χ2n) is 7.26. The number of hydrogen-bond acceptors (Lipinski definition) is 6. The van der Waals surface area contributed by atoms with Gasteiger partial charge in [0.1, 0.15) is 23.5 Å². The third-order valence-electron chi connectivity index (χ3n) is 5.34. The number of para-hydroxylation sites is 2. The Balaban J connectivity index is 2.11. The van der Waals surface area contributed by atoms with Crippen LogP contribution in [0.4, 0.5) is 0 Å². The maximum Gasteiger partial charge on any atom is 0.355 e. The molecular weight excluding hydrogens is 432 g/mol. The van der Waals surface area contributed by atoms with Gasteiger partial charge in [-0.15, -0.1) is 0 Å². The predicted octanol–water partition coefficient (Wildman–Crippen LogP) is 4.96. The molecular formula is C26H20N4O4. The lowest BCUT2D eigenvalue weighted by molar-refractivity contribution is 0.0510. The molecule has 4 aromatic rings. The van der Waals surface area contributed by atoms with Crippen molar-refractivity contribution < 1.29 is 19.1 Å². The van der Waals surface area contributed by atoms with Crippen LogP contribution in [0, 0.1) is 22.7 Å². The molecule has 0 unspecified atom stereocenters. The Morgan fingerprint density at radius 1 is 0.735 bits per heavy atom. The molecule has 0 fully saturated rings. The number of ether oxygens (including phenoxy) is 2. The highest BCUT2D eigenvalue weighted by Gasteiger charge is 2.29. The molecule has 0 amide bonds. The molecule has 8 nitrogen and oxygen atoms in total. The van der Waals surface area contributed by atoms with Gasteiger partial charge in [-0.25, -0.2) is 9.59 Å². The average molecular weight is 452 g/mol. The molecule has 0 saturated carbocycles. The van der Waals surface area contributed by atoms with Crippen LogP contribution in [-0.4, -0.2) is 35.1 Å². The molecule has 0 radical (unpaired) electrons. The maximum absolute atomic E-state index is 12.8. The quantitative estimate of drug-likeness (QED) is 0.314. The van der Waals surface area contributed by atoms with E-state index >= 15 is 0 Å². The van der Waals surface area contributed by atoms with Gasteiger partial charge in [0.25, 0.3) is 0 Å². The van der Waals surface area contributed by atoms with E-state index in [4.69, 9.17) is 9.47 Å². The zero-order valence-electron chi connectivity index (χ0n) is 18.6. The van der Waals surface area contributed by atoms with Gasteiger partial charge in [-0.05, 0) is 26.0 Å². The number of nitriles is 2. The highest BCUT2D eigenvalue weighted by Crippen LogP contribution is 2.38. The number of esters is 2. The number of H-pyrrole nitrogens is 2. The van der Waals surface area contributed by atoms with Gasteiger partial charge in [0.2, 0.25) is 0 Å². The first-order valence-corrected chi connectivity index (χ1v) is 10.7. The standard InChI is InChI=1S/C26H20N4O4/c1-3-33-25(31)23-21(15-9-5-7-11-19(15)29-23)17(13-27)18(14-28)22-16-10-6-8-12-20(16)30-24(22)26(32)34-4-2/h5-12,29-30H,3-4H2,1-2H3/b18-17+. The van der Waals surface area contributed by atoms with Crippen LogP contribution in [-0.2, 0) is 9.47 Å². The van der Waals surface area contributed by atoms with E-state index in [1.165, 1.54) is 0 Å². The predicted molar refractivity (Wildman–Crippen MR) is 127 cm³/mol. The molecule has 168 valence electrons. The molecule has 0 bridgehead atoms. The monoisotopic (exact) mass is 452 g/mol. The van der Waals surface area contributed by atoms with Gasteiger partial charge in [0.15, 0.2) is 0 Å². The van der Waals surface area contributed by atoms with E-state index in [1.807, 2.05) is 0 Å². The van der Waals surface area contributed by atoms with E-state index in [2.05, 4.69) is 22.1 Å². The number of fused-ring (bicyclic) bond motifs is 2. The molecule has 4 rings (SSSR count). The van der Waals surface area contributed by atoms with Crippen molar-refractivity contribution in [2.45, 2.75) is 13.8 Å². The summed E-state index contributed by atoms with van der Waals surface area (Å²) in [6, 6.07) is 18.3. The van der Waals surface area contributed by atoms with Crippen molar-refractivity contribution in [2.75, 3.05) is 13.2 Å². The number of allylic oxidation sites excluding steroid dienone is 2. The van der Waals surface area contributed by atoms with Gasteiger partial charge in [0.05, 0.1) is 24.4 Å². The minimum absolute atomic E-state index is 0.0571. The summed E-state index contributed by atoms with van der Waals surface area (Å²) >= 11 is 0. The highest BCUT2D eigenvalue weighted by atomic mass is 16.5. The summed E-state index contributed by atoms with van der Waals surface area (Å²) in [5.74, 6) is -1.30. The van der Waals surface area contributed by atoms with Crippen molar-refractivity contribution in [1.82, 2.24) is 9.97 Å². The van der Waals surface area contributed by atoms with Gasteiger partial charge in [-0.3, -0.25) is 0 Å². The Bertz CT molecular complexity index is 1430. The van der Waals surface area contributed by atoms with Crippen LogP contribution in [0.2, 0.25) is 0 Å². The third kappa shape index (κ3) is 3.68. The fourth-order valence-electron chi connectivity index (χ4n) is 3.99. The molecule has 0 aliphatic rings. The van der Waals surface area contributed by atoms with Crippen molar-refractivity contribution in [2.24, 2.45) is 0 Å². The van der Waals surface area contributed by atoms with Gasteiger partial charge in [-0.2, -0.15) is 10.5 Å². The van der Waals surface area contributed by atoms with Gasteiger partial charge < -0.3 is 19.4 Å². The zero-order valence-corrected chi connectivity index (χ0v) is 18.6. The minimum Gasteiger partial charge on any atom is -0.461 e. The van der Waals surface area contributed by atoms with Crippen LogP contribution in [0.15, 0.2) is 48.5 Å². The van der Waals surface area contributed by atoms with Gasteiger partial charge >= 0.3 is 11.9 Å². The van der Waals surface area contributed by atoms with E-state index in [1.54, 1.807) is 62.4 Å². The molecule has 0 saturated heterocycles. The van der Waals surface area contributed by atoms with Crippen LogP contribution in [0.25, 0.3) is 33.0 Å².